The highest BCUT2D eigenvalue weighted by molar-refractivity contribution is 5.26. The second-order valence-electron chi connectivity index (χ2n) is 4.23. The minimum Gasteiger partial charge on any atom is -0.508 e. The molecule has 1 aromatic rings. The first-order valence-corrected chi connectivity index (χ1v) is 5.41. The molecule has 1 rings (SSSR count). The molecule has 78 valence electrons. The Morgan fingerprint density at radius 2 is 1.64 bits per heavy atom. The normalized spacial score (nSPS) is 15.1. The minimum atomic E-state index is 0.352. The third-order valence-electron chi connectivity index (χ3n) is 3.11. The standard InChI is InChI=1S/C13H20O/c1-4-10(2)11(3)9-12-5-7-13(14)8-6-12/h5-8,10-11,14H,4,9H2,1-3H3. The molecule has 0 fully saturated rings. The van der Waals surface area contributed by atoms with Gasteiger partial charge in [-0.25, -0.2) is 0 Å². The molecular formula is C13H20O. The Balaban J connectivity index is 2.56. The van der Waals surface area contributed by atoms with Crippen LogP contribution in [0.2, 0.25) is 0 Å². The smallest absolute Gasteiger partial charge is 0.115 e. The van der Waals surface area contributed by atoms with Crippen LogP contribution in [-0.4, -0.2) is 5.11 Å². The SMILES string of the molecule is CCC(C)C(C)Cc1ccc(O)cc1. The van der Waals surface area contributed by atoms with Crippen LogP contribution < -0.4 is 0 Å². The molecular weight excluding hydrogens is 172 g/mol. The Morgan fingerprint density at radius 1 is 1.07 bits per heavy atom. The van der Waals surface area contributed by atoms with Gasteiger partial charge < -0.3 is 5.11 Å². The van der Waals surface area contributed by atoms with E-state index in [2.05, 4.69) is 20.8 Å². The van der Waals surface area contributed by atoms with E-state index in [1.807, 2.05) is 12.1 Å². The molecule has 2 atom stereocenters. The van der Waals surface area contributed by atoms with Gasteiger partial charge in [0.05, 0.1) is 0 Å². The van der Waals surface area contributed by atoms with Crippen molar-refractivity contribution in [1.29, 1.82) is 0 Å². The van der Waals surface area contributed by atoms with E-state index >= 15 is 0 Å². The third-order valence-corrected chi connectivity index (χ3v) is 3.11. The number of phenolic OH excluding ortho intramolecular Hbond substituents is 1. The van der Waals surface area contributed by atoms with Crippen molar-refractivity contribution in [1.82, 2.24) is 0 Å². The Morgan fingerprint density at radius 3 is 2.14 bits per heavy atom. The van der Waals surface area contributed by atoms with Crippen LogP contribution >= 0.6 is 0 Å². The topological polar surface area (TPSA) is 20.2 Å². The van der Waals surface area contributed by atoms with Crippen molar-refractivity contribution in [3.8, 4) is 5.75 Å². The summed E-state index contributed by atoms with van der Waals surface area (Å²) < 4.78 is 0. The third kappa shape index (κ3) is 3.06. The first-order chi connectivity index (χ1) is 6.63. The minimum absolute atomic E-state index is 0.352. The van der Waals surface area contributed by atoms with E-state index in [4.69, 9.17) is 5.11 Å². The second-order valence-corrected chi connectivity index (χ2v) is 4.23. The Hall–Kier alpha value is -0.980. The number of rotatable bonds is 4. The number of aromatic hydroxyl groups is 1. The van der Waals surface area contributed by atoms with Crippen LogP contribution in [-0.2, 0) is 6.42 Å². The number of hydrogen-bond acceptors (Lipinski definition) is 1. The predicted octanol–water partition coefficient (Wildman–Crippen LogP) is 3.62. The predicted molar refractivity (Wildman–Crippen MR) is 60.4 cm³/mol. The van der Waals surface area contributed by atoms with Crippen LogP contribution in [0.25, 0.3) is 0 Å². The van der Waals surface area contributed by atoms with Gasteiger partial charge in [-0.1, -0.05) is 39.3 Å². The van der Waals surface area contributed by atoms with E-state index in [1.165, 1.54) is 12.0 Å². The van der Waals surface area contributed by atoms with Gasteiger partial charge in [-0.15, -0.1) is 0 Å². The lowest BCUT2D eigenvalue weighted by Crippen LogP contribution is -2.09. The Labute approximate surface area is 86.8 Å². The molecule has 14 heavy (non-hydrogen) atoms. The maximum absolute atomic E-state index is 9.15. The van der Waals surface area contributed by atoms with Crippen molar-refractivity contribution in [3.63, 3.8) is 0 Å². The molecule has 0 spiro atoms. The molecule has 0 aliphatic rings. The largest absolute Gasteiger partial charge is 0.508 e. The Bertz CT molecular complexity index is 263. The van der Waals surface area contributed by atoms with E-state index in [0.717, 1.165) is 12.3 Å². The van der Waals surface area contributed by atoms with Crippen LogP contribution in [0.5, 0.6) is 5.75 Å². The molecule has 0 bridgehead atoms. The molecule has 1 aromatic carbocycles. The van der Waals surface area contributed by atoms with Crippen LogP contribution in [0.1, 0.15) is 32.8 Å². The fraction of sp³-hybridized carbons (Fsp3) is 0.538. The van der Waals surface area contributed by atoms with Gasteiger partial charge in [0.1, 0.15) is 5.75 Å². The summed E-state index contributed by atoms with van der Waals surface area (Å²) in [5.74, 6) is 1.83. The van der Waals surface area contributed by atoms with Gasteiger partial charge in [-0.05, 0) is 36.0 Å². The highest BCUT2D eigenvalue weighted by Gasteiger charge is 2.10. The summed E-state index contributed by atoms with van der Waals surface area (Å²) >= 11 is 0. The average Bonchev–Trinajstić information content (AvgIpc) is 2.20. The van der Waals surface area contributed by atoms with Gasteiger partial charge >= 0.3 is 0 Å². The van der Waals surface area contributed by atoms with Gasteiger partial charge in [-0.2, -0.15) is 0 Å². The summed E-state index contributed by atoms with van der Waals surface area (Å²) in [4.78, 5) is 0. The summed E-state index contributed by atoms with van der Waals surface area (Å²) in [7, 11) is 0. The van der Waals surface area contributed by atoms with E-state index in [9.17, 15) is 0 Å². The number of phenols is 1. The summed E-state index contributed by atoms with van der Waals surface area (Å²) in [5.41, 5.74) is 1.32. The molecule has 0 aliphatic carbocycles. The molecule has 0 saturated carbocycles. The van der Waals surface area contributed by atoms with E-state index in [1.54, 1.807) is 12.1 Å². The average molecular weight is 192 g/mol. The summed E-state index contributed by atoms with van der Waals surface area (Å²) in [6.07, 6.45) is 2.34. The van der Waals surface area contributed by atoms with Crippen LogP contribution in [0.3, 0.4) is 0 Å². The number of hydrogen-bond donors (Lipinski definition) is 1. The Kier molecular flexibility index (Phi) is 3.99. The summed E-state index contributed by atoms with van der Waals surface area (Å²) in [6, 6.07) is 7.54. The second kappa shape index (κ2) is 5.04. The molecule has 1 nitrogen and oxygen atoms in total. The molecule has 0 aromatic heterocycles. The molecule has 0 amide bonds. The molecule has 0 saturated heterocycles. The molecule has 0 radical (unpaired) electrons. The van der Waals surface area contributed by atoms with Crippen molar-refractivity contribution in [3.05, 3.63) is 29.8 Å². The highest BCUT2D eigenvalue weighted by Crippen LogP contribution is 2.20. The van der Waals surface area contributed by atoms with E-state index in [-0.39, 0.29) is 0 Å². The lowest BCUT2D eigenvalue weighted by molar-refractivity contribution is 0.375. The van der Waals surface area contributed by atoms with Gasteiger partial charge in [0.15, 0.2) is 0 Å². The van der Waals surface area contributed by atoms with Gasteiger partial charge in [0.2, 0.25) is 0 Å². The maximum atomic E-state index is 9.15. The molecule has 1 heteroatoms. The van der Waals surface area contributed by atoms with Crippen molar-refractivity contribution in [2.24, 2.45) is 11.8 Å². The highest BCUT2D eigenvalue weighted by atomic mass is 16.3. The van der Waals surface area contributed by atoms with Crippen LogP contribution in [0.4, 0.5) is 0 Å². The van der Waals surface area contributed by atoms with Gasteiger partial charge in [-0.3, -0.25) is 0 Å². The van der Waals surface area contributed by atoms with Crippen molar-refractivity contribution < 1.29 is 5.11 Å². The molecule has 0 aliphatic heterocycles. The quantitative estimate of drug-likeness (QED) is 0.772. The van der Waals surface area contributed by atoms with Crippen molar-refractivity contribution in [2.75, 3.05) is 0 Å². The first kappa shape index (κ1) is 11.1. The first-order valence-electron chi connectivity index (χ1n) is 5.41. The zero-order valence-electron chi connectivity index (χ0n) is 9.33. The van der Waals surface area contributed by atoms with Gasteiger partial charge in [0, 0.05) is 0 Å². The number of benzene rings is 1. The molecule has 2 unspecified atom stereocenters. The zero-order valence-corrected chi connectivity index (χ0v) is 9.33. The lowest BCUT2D eigenvalue weighted by Gasteiger charge is -2.18. The van der Waals surface area contributed by atoms with Crippen LogP contribution in [0.15, 0.2) is 24.3 Å². The fourth-order valence-corrected chi connectivity index (χ4v) is 1.61. The zero-order chi connectivity index (χ0) is 10.6. The summed E-state index contributed by atoms with van der Waals surface area (Å²) in [5, 5.41) is 9.15. The van der Waals surface area contributed by atoms with Gasteiger partial charge in [0.25, 0.3) is 0 Å². The maximum Gasteiger partial charge on any atom is 0.115 e. The lowest BCUT2D eigenvalue weighted by atomic mass is 9.88. The van der Waals surface area contributed by atoms with Crippen molar-refractivity contribution in [2.45, 2.75) is 33.6 Å². The van der Waals surface area contributed by atoms with Crippen LogP contribution in [0, 0.1) is 11.8 Å². The van der Waals surface area contributed by atoms with E-state index in [0.29, 0.717) is 11.7 Å². The van der Waals surface area contributed by atoms with E-state index < -0.39 is 0 Å². The molecule has 0 heterocycles. The molecule has 1 N–H and O–H groups in total. The monoisotopic (exact) mass is 192 g/mol. The fourth-order valence-electron chi connectivity index (χ4n) is 1.61. The van der Waals surface area contributed by atoms with Crippen molar-refractivity contribution >= 4 is 0 Å². The summed E-state index contributed by atoms with van der Waals surface area (Å²) in [6.45, 7) is 6.82.